The molecule has 2 fully saturated rings. The number of hydrogen-bond donors (Lipinski definition) is 1. The molecule has 0 radical (unpaired) electrons. The van der Waals surface area contributed by atoms with Crippen LogP contribution in [0.1, 0.15) is 19.4 Å². The molecule has 2 aromatic rings. The zero-order valence-corrected chi connectivity index (χ0v) is 19.4. The Morgan fingerprint density at radius 1 is 1.09 bits per heavy atom. The highest BCUT2D eigenvalue weighted by atomic mass is 32.2. The highest BCUT2D eigenvalue weighted by Crippen LogP contribution is 2.39. The molecule has 2 aliphatic rings. The first-order chi connectivity index (χ1) is 15.6. The summed E-state index contributed by atoms with van der Waals surface area (Å²) in [6, 6.07) is 14.2. The molecule has 4 atom stereocenters. The fourth-order valence-corrected chi connectivity index (χ4v) is 5.73. The average Bonchev–Trinajstić information content (AvgIpc) is 3.13. The van der Waals surface area contributed by atoms with Gasteiger partial charge in [0.2, 0.25) is 10.0 Å². The quantitative estimate of drug-likeness (QED) is 0.626. The number of benzene rings is 2. The lowest BCUT2D eigenvalue weighted by Crippen LogP contribution is -2.64. The first-order valence-electron chi connectivity index (χ1n) is 10.5. The van der Waals surface area contributed by atoms with E-state index in [0.717, 1.165) is 9.87 Å². The minimum Gasteiger partial charge on any atom is -0.489 e. The third-order valence-corrected chi connectivity index (χ3v) is 7.51. The third-order valence-electron chi connectivity index (χ3n) is 5.65. The normalized spacial score (nSPS) is 27.0. The predicted molar refractivity (Wildman–Crippen MR) is 117 cm³/mol. The van der Waals surface area contributed by atoms with Crippen molar-refractivity contribution in [2.24, 2.45) is 0 Å². The minimum atomic E-state index is -4.18. The van der Waals surface area contributed by atoms with Crippen LogP contribution in [0.3, 0.4) is 0 Å². The van der Waals surface area contributed by atoms with Crippen LogP contribution in [0.2, 0.25) is 0 Å². The molecule has 2 heterocycles. The third kappa shape index (κ3) is 4.75. The predicted octanol–water partition coefficient (Wildman–Crippen LogP) is 1.69. The second-order valence-corrected chi connectivity index (χ2v) is 10.3. The number of carbonyl (C=O) groups excluding carboxylic acids is 1. The van der Waals surface area contributed by atoms with Crippen molar-refractivity contribution in [3.05, 3.63) is 60.2 Å². The van der Waals surface area contributed by atoms with Crippen molar-refractivity contribution < 1.29 is 37.3 Å². The zero-order valence-electron chi connectivity index (χ0n) is 18.6. The standard InChI is InChI=1S/C23H27NO8S/c1-23(2)31-20-18(25)13-24(19(21(20)32-23)22(26)29-3)33(27,28)17-11-9-16(10-12-17)30-14-15-7-5-4-6-8-15/h4-12,18-21,25H,13-14H2,1-3H3/t18-,19+,20-,21-/m0/s1. The van der Waals surface area contributed by atoms with Crippen molar-refractivity contribution in [3.63, 3.8) is 0 Å². The first kappa shape index (κ1) is 23.7. The molecule has 0 bridgehead atoms. The lowest BCUT2D eigenvalue weighted by Gasteiger charge is -2.40. The van der Waals surface area contributed by atoms with Gasteiger partial charge in [-0.3, -0.25) is 4.79 Å². The largest absolute Gasteiger partial charge is 0.489 e. The molecule has 10 heteroatoms. The number of β-amino-alcohol motifs (C(OH)–C–C–N with tert-alkyl or cyclic N) is 1. The molecule has 0 spiro atoms. The Hall–Kier alpha value is -2.50. The number of ether oxygens (including phenoxy) is 4. The number of aliphatic hydroxyl groups is 1. The van der Waals surface area contributed by atoms with Crippen molar-refractivity contribution in [2.75, 3.05) is 13.7 Å². The molecule has 0 amide bonds. The number of esters is 1. The summed E-state index contributed by atoms with van der Waals surface area (Å²) in [5.41, 5.74) is 0.980. The Labute approximate surface area is 192 Å². The van der Waals surface area contributed by atoms with Gasteiger partial charge in [0.05, 0.1) is 18.1 Å². The van der Waals surface area contributed by atoms with E-state index in [9.17, 15) is 18.3 Å². The van der Waals surface area contributed by atoms with Gasteiger partial charge in [0.1, 0.15) is 24.6 Å². The molecule has 33 heavy (non-hydrogen) atoms. The molecule has 2 saturated heterocycles. The Bertz CT molecular complexity index is 1090. The van der Waals surface area contributed by atoms with Crippen LogP contribution in [0.5, 0.6) is 5.75 Å². The molecule has 1 N–H and O–H groups in total. The lowest BCUT2D eigenvalue weighted by molar-refractivity contribution is -0.160. The minimum absolute atomic E-state index is 0.0488. The van der Waals surface area contributed by atoms with Crippen LogP contribution in [0.4, 0.5) is 0 Å². The van der Waals surface area contributed by atoms with E-state index in [-0.39, 0.29) is 11.4 Å². The van der Waals surface area contributed by atoms with Crippen LogP contribution in [0, 0.1) is 0 Å². The SMILES string of the molecule is COC(=O)[C@H]1[C@@H]2OC(C)(C)O[C@H]2[C@@H](O)CN1S(=O)(=O)c1ccc(OCc2ccccc2)cc1. The van der Waals surface area contributed by atoms with Crippen LogP contribution in [-0.2, 0) is 35.6 Å². The number of methoxy groups -OCH3 is 1. The van der Waals surface area contributed by atoms with E-state index in [1.165, 1.54) is 19.2 Å². The summed E-state index contributed by atoms with van der Waals surface area (Å²) < 4.78 is 50.0. The molecular formula is C23H27NO8S. The molecule has 0 saturated carbocycles. The van der Waals surface area contributed by atoms with Crippen molar-refractivity contribution >= 4 is 16.0 Å². The van der Waals surface area contributed by atoms with E-state index in [4.69, 9.17) is 18.9 Å². The highest BCUT2D eigenvalue weighted by molar-refractivity contribution is 7.89. The van der Waals surface area contributed by atoms with E-state index in [1.54, 1.807) is 26.0 Å². The second kappa shape index (κ2) is 9.03. The molecular weight excluding hydrogens is 450 g/mol. The maximum Gasteiger partial charge on any atom is 0.327 e. The summed E-state index contributed by atoms with van der Waals surface area (Å²) >= 11 is 0. The monoisotopic (exact) mass is 477 g/mol. The zero-order chi connectivity index (χ0) is 23.8. The summed E-state index contributed by atoms with van der Waals surface area (Å²) in [4.78, 5) is 12.6. The van der Waals surface area contributed by atoms with Gasteiger partial charge < -0.3 is 24.1 Å². The Balaban J connectivity index is 1.57. The van der Waals surface area contributed by atoms with Gasteiger partial charge in [-0.1, -0.05) is 30.3 Å². The fourth-order valence-electron chi connectivity index (χ4n) is 4.13. The molecule has 0 aliphatic carbocycles. The van der Waals surface area contributed by atoms with Crippen molar-refractivity contribution in [1.82, 2.24) is 4.31 Å². The molecule has 9 nitrogen and oxygen atoms in total. The van der Waals surface area contributed by atoms with Crippen LogP contribution in [0.15, 0.2) is 59.5 Å². The molecule has 2 aromatic carbocycles. The van der Waals surface area contributed by atoms with E-state index in [1.807, 2.05) is 30.3 Å². The molecule has 178 valence electrons. The molecule has 2 aliphatic heterocycles. The van der Waals surface area contributed by atoms with Gasteiger partial charge in [-0.05, 0) is 43.7 Å². The van der Waals surface area contributed by atoms with Gasteiger partial charge in [0.25, 0.3) is 0 Å². The number of rotatable bonds is 6. The van der Waals surface area contributed by atoms with Crippen molar-refractivity contribution in [1.29, 1.82) is 0 Å². The molecule has 0 unspecified atom stereocenters. The van der Waals surface area contributed by atoms with E-state index >= 15 is 0 Å². The van der Waals surface area contributed by atoms with Gasteiger partial charge in [-0.25, -0.2) is 8.42 Å². The summed E-state index contributed by atoms with van der Waals surface area (Å²) in [6.45, 7) is 3.28. The lowest BCUT2D eigenvalue weighted by atomic mass is 9.96. The summed E-state index contributed by atoms with van der Waals surface area (Å²) in [6.07, 6.45) is -3.05. The number of fused-ring (bicyclic) bond motifs is 1. The van der Waals surface area contributed by atoms with Gasteiger partial charge in [0, 0.05) is 6.54 Å². The first-order valence-corrected chi connectivity index (χ1v) is 12.0. The number of nitrogens with zero attached hydrogens (tertiary/aromatic N) is 1. The smallest absolute Gasteiger partial charge is 0.327 e. The maximum atomic E-state index is 13.5. The van der Waals surface area contributed by atoms with Crippen LogP contribution < -0.4 is 4.74 Å². The average molecular weight is 478 g/mol. The Kier molecular flexibility index (Phi) is 6.47. The van der Waals surface area contributed by atoms with E-state index < -0.39 is 46.1 Å². The van der Waals surface area contributed by atoms with Crippen molar-refractivity contribution in [2.45, 2.75) is 55.5 Å². The van der Waals surface area contributed by atoms with Gasteiger partial charge in [0.15, 0.2) is 11.8 Å². The Morgan fingerprint density at radius 2 is 1.73 bits per heavy atom. The van der Waals surface area contributed by atoms with Gasteiger partial charge in [-0.2, -0.15) is 4.31 Å². The molecule has 4 rings (SSSR count). The van der Waals surface area contributed by atoms with Gasteiger partial charge >= 0.3 is 5.97 Å². The fraction of sp³-hybridized carbons (Fsp3) is 0.435. The number of carbonyl (C=O) groups is 1. The number of hydrogen-bond acceptors (Lipinski definition) is 8. The second-order valence-electron chi connectivity index (χ2n) is 8.42. The topological polar surface area (TPSA) is 112 Å². The highest BCUT2D eigenvalue weighted by Gasteiger charge is 2.58. The summed E-state index contributed by atoms with van der Waals surface area (Å²) in [7, 11) is -3.00. The van der Waals surface area contributed by atoms with Crippen LogP contribution in [-0.4, -0.2) is 67.6 Å². The van der Waals surface area contributed by atoms with E-state index in [2.05, 4.69) is 0 Å². The Morgan fingerprint density at radius 3 is 2.36 bits per heavy atom. The summed E-state index contributed by atoms with van der Waals surface area (Å²) in [5, 5.41) is 10.6. The van der Waals surface area contributed by atoms with E-state index in [0.29, 0.717) is 12.4 Å². The van der Waals surface area contributed by atoms with Crippen molar-refractivity contribution in [3.8, 4) is 5.75 Å². The maximum absolute atomic E-state index is 13.5. The summed E-state index contributed by atoms with van der Waals surface area (Å²) in [5.74, 6) is -1.37. The van der Waals surface area contributed by atoms with Crippen LogP contribution >= 0.6 is 0 Å². The number of aliphatic hydroxyl groups excluding tert-OH is 1. The molecule has 0 aromatic heterocycles. The number of sulfonamides is 1. The number of piperidine rings is 1. The van der Waals surface area contributed by atoms with Gasteiger partial charge in [-0.15, -0.1) is 0 Å². The van der Waals surface area contributed by atoms with Crippen LogP contribution in [0.25, 0.3) is 0 Å².